The summed E-state index contributed by atoms with van der Waals surface area (Å²) in [5.41, 5.74) is 5.15. The van der Waals surface area contributed by atoms with Crippen molar-refractivity contribution in [1.82, 2.24) is 0 Å². The number of urea groups is 1. The van der Waals surface area contributed by atoms with E-state index in [1.165, 1.54) is 22.5 Å². The molecular formula is C36H27N3O3S. The maximum atomic E-state index is 13.8. The van der Waals surface area contributed by atoms with Gasteiger partial charge in [0, 0.05) is 10.3 Å². The number of carbonyl (C=O) groups is 3. The van der Waals surface area contributed by atoms with E-state index >= 15 is 0 Å². The van der Waals surface area contributed by atoms with E-state index in [0.717, 1.165) is 31.1 Å². The molecular weight excluding hydrogens is 554 g/mol. The van der Waals surface area contributed by atoms with Gasteiger partial charge < -0.3 is 4.90 Å². The van der Waals surface area contributed by atoms with Gasteiger partial charge in [-0.15, -0.1) is 11.3 Å². The molecule has 5 aromatic rings. The van der Waals surface area contributed by atoms with Crippen LogP contribution in [0.4, 0.5) is 32.5 Å². The van der Waals surface area contributed by atoms with Gasteiger partial charge in [0.05, 0.1) is 22.7 Å². The molecule has 210 valence electrons. The molecule has 0 N–H and O–H groups in total. The zero-order valence-electron chi connectivity index (χ0n) is 23.6. The van der Waals surface area contributed by atoms with Crippen molar-refractivity contribution in [3.63, 3.8) is 0 Å². The van der Waals surface area contributed by atoms with E-state index in [1.807, 2.05) is 36.4 Å². The number of hydrogen-bond donors (Lipinski definition) is 0. The Morgan fingerprint density at radius 2 is 1.02 bits per heavy atom. The third-order valence-electron chi connectivity index (χ3n) is 8.03. The van der Waals surface area contributed by atoms with E-state index in [2.05, 4.69) is 55.1 Å². The van der Waals surface area contributed by atoms with Gasteiger partial charge in [-0.3, -0.25) is 9.59 Å². The smallest absolute Gasteiger partial charge is 0.301 e. The third kappa shape index (κ3) is 4.28. The fourth-order valence-electron chi connectivity index (χ4n) is 5.93. The fraction of sp³-hybridized carbons (Fsp3) is 0.0833. The number of hydrogen-bond acceptors (Lipinski definition) is 5. The lowest BCUT2D eigenvalue weighted by atomic mass is 9.74. The van der Waals surface area contributed by atoms with Gasteiger partial charge in [0.1, 0.15) is 10.6 Å². The van der Waals surface area contributed by atoms with E-state index in [4.69, 9.17) is 0 Å². The first-order valence-corrected chi connectivity index (χ1v) is 14.8. The molecule has 1 aromatic heterocycles. The minimum atomic E-state index is -0.708. The lowest BCUT2D eigenvalue weighted by Crippen LogP contribution is -2.57. The average Bonchev–Trinajstić information content (AvgIpc) is 3.49. The van der Waals surface area contributed by atoms with E-state index in [-0.39, 0.29) is 11.0 Å². The van der Waals surface area contributed by atoms with Gasteiger partial charge in [-0.25, -0.2) is 14.6 Å². The zero-order valence-corrected chi connectivity index (χ0v) is 24.4. The molecule has 4 amide bonds. The Kier molecular flexibility index (Phi) is 6.33. The van der Waals surface area contributed by atoms with Crippen molar-refractivity contribution in [2.24, 2.45) is 0 Å². The third-order valence-corrected chi connectivity index (χ3v) is 9.05. The van der Waals surface area contributed by atoms with Gasteiger partial charge in [0.25, 0.3) is 11.8 Å². The Hall–Kier alpha value is -5.27. The number of benzene rings is 4. The van der Waals surface area contributed by atoms with Crippen molar-refractivity contribution < 1.29 is 14.4 Å². The van der Waals surface area contributed by atoms with E-state index in [1.54, 1.807) is 54.6 Å². The topological polar surface area (TPSA) is 60.9 Å². The number of rotatable bonds is 4. The molecule has 0 bridgehead atoms. The SMILES string of the molecule is CC1(C)c2ccccc2N(c2ccc(C=C3C(=O)N(c4ccccc4)C(=O)N(c4ccccc4)C3=O)s2)c2ccccc21. The lowest BCUT2D eigenvalue weighted by Gasteiger charge is -2.41. The van der Waals surface area contributed by atoms with Gasteiger partial charge in [-0.2, -0.15) is 0 Å². The molecule has 0 radical (unpaired) electrons. The van der Waals surface area contributed by atoms with Crippen LogP contribution in [0.25, 0.3) is 6.08 Å². The second kappa shape index (κ2) is 10.2. The largest absolute Gasteiger partial charge is 0.343 e. The number of fused-ring (bicyclic) bond motifs is 2. The fourth-order valence-corrected chi connectivity index (χ4v) is 6.91. The van der Waals surface area contributed by atoms with Crippen LogP contribution in [0.3, 0.4) is 0 Å². The quantitative estimate of drug-likeness (QED) is 0.158. The second-order valence-corrected chi connectivity index (χ2v) is 12.1. The van der Waals surface area contributed by atoms with E-state index in [9.17, 15) is 14.4 Å². The Morgan fingerprint density at radius 1 is 0.558 bits per heavy atom. The second-order valence-electron chi connectivity index (χ2n) is 11.0. The van der Waals surface area contributed by atoms with Gasteiger partial charge in [-0.05, 0) is 65.7 Å². The highest BCUT2D eigenvalue weighted by molar-refractivity contribution is 7.17. The highest BCUT2D eigenvalue weighted by Crippen LogP contribution is 2.52. The van der Waals surface area contributed by atoms with Gasteiger partial charge in [0.2, 0.25) is 0 Å². The molecule has 2 aliphatic rings. The molecule has 2 aliphatic heterocycles. The summed E-state index contributed by atoms with van der Waals surface area (Å²) < 4.78 is 0. The average molecular weight is 582 g/mol. The summed E-state index contributed by atoms with van der Waals surface area (Å²) in [6, 6.07) is 37.4. The van der Waals surface area contributed by atoms with Crippen LogP contribution in [0.1, 0.15) is 29.9 Å². The molecule has 7 rings (SSSR count). The first kappa shape index (κ1) is 26.6. The number of imide groups is 2. The summed E-state index contributed by atoms with van der Waals surface area (Å²) in [5.74, 6) is -1.31. The van der Waals surface area contributed by atoms with Crippen molar-refractivity contribution in [3.05, 3.63) is 143 Å². The molecule has 1 fully saturated rings. The van der Waals surface area contributed by atoms with Crippen molar-refractivity contribution >= 4 is 63.0 Å². The molecule has 0 unspecified atom stereocenters. The van der Waals surface area contributed by atoms with E-state index in [0.29, 0.717) is 11.4 Å². The van der Waals surface area contributed by atoms with Gasteiger partial charge in [-0.1, -0.05) is 86.6 Å². The van der Waals surface area contributed by atoms with Crippen molar-refractivity contribution in [1.29, 1.82) is 0 Å². The predicted octanol–water partition coefficient (Wildman–Crippen LogP) is 8.44. The van der Waals surface area contributed by atoms with Gasteiger partial charge >= 0.3 is 6.03 Å². The number of nitrogens with zero attached hydrogens (tertiary/aromatic N) is 3. The van der Waals surface area contributed by atoms with Crippen LogP contribution in [0.5, 0.6) is 0 Å². The number of thiophene rings is 1. The maximum Gasteiger partial charge on any atom is 0.343 e. The van der Waals surface area contributed by atoms with Crippen molar-refractivity contribution in [3.8, 4) is 0 Å². The Balaban J connectivity index is 1.33. The first-order valence-electron chi connectivity index (χ1n) is 14.0. The predicted molar refractivity (Wildman–Crippen MR) is 172 cm³/mol. The molecule has 0 aliphatic carbocycles. The summed E-state index contributed by atoms with van der Waals surface area (Å²) in [4.78, 5) is 46.3. The normalized spacial score (nSPS) is 15.8. The summed E-state index contributed by atoms with van der Waals surface area (Å²) in [6.45, 7) is 4.48. The number of para-hydroxylation sites is 4. The molecule has 3 heterocycles. The van der Waals surface area contributed by atoms with Crippen LogP contribution in [0, 0.1) is 0 Å². The number of amides is 4. The molecule has 7 heteroatoms. The summed E-state index contributed by atoms with van der Waals surface area (Å²) >= 11 is 1.48. The first-order chi connectivity index (χ1) is 20.9. The van der Waals surface area contributed by atoms with Gasteiger partial charge in [0.15, 0.2) is 0 Å². The maximum absolute atomic E-state index is 13.8. The minimum absolute atomic E-state index is 0.0821. The van der Waals surface area contributed by atoms with Crippen LogP contribution < -0.4 is 14.7 Å². The highest BCUT2D eigenvalue weighted by atomic mass is 32.1. The van der Waals surface area contributed by atoms with Crippen LogP contribution in [0.15, 0.2) is 127 Å². The number of carbonyl (C=O) groups excluding carboxylic acids is 3. The van der Waals surface area contributed by atoms with Crippen LogP contribution >= 0.6 is 11.3 Å². The van der Waals surface area contributed by atoms with Crippen molar-refractivity contribution in [2.45, 2.75) is 19.3 Å². The Labute approximate surface area is 253 Å². The Morgan fingerprint density at radius 3 is 1.53 bits per heavy atom. The molecule has 43 heavy (non-hydrogen) atoms. The zero-order chi connectivity index (χ0) is 29.7. The molecule has 0 spiro atoms. The monoisotopic (exact) mass is 581 g/mol. The van der Waals surface area contributed by atoms with Crippen LogP contribution in [-0.4, -0.2) is 17.8 Å². The lowest BCUT2D eigenvalue weighted by molar-refractivity contribution is -0.121. The summed E-state index contributed by atoms with van der Waals surface area (Å²) in [5, 5.41) is 0.953. The van der Waals surface area contributed by atoms with Crippen molar-refractivity contribution in [2.75, 3.05) is 14.7 Å². The molecule has 6 nitrogen and oxygen atoms in total. The molecule has 0 saturated carbocycles. The molecule has 1 saturated heterocycles. The number of anilines is 5. The van der Waals surface area contributed by atoms with E-state index < -0.39 is 17.8 Å². The standard InChI is InChI=1S/C36H27N3O3S/c1-36(2)28-17-9-11-19-30(28)39(31-20-12-10-18-29(31)36)32-22-21-26(43-32)23-27-33(40)37(24-13-5-3-6-14-24)35(42)38(34(27)41)25-15-7-4-8-16-25/h3-23H,1-2H3. The van der Waals surface area contributed by atoms with Crippen LogP contribution in [-0.2, 0) is 15.0 Å². The summed E-state index contributed by atoms with van der Waals surface area (Å²) in [6.07, 6.45) is 1.60. The number of barbiturate groups is 1. The van der Waals surface area contributed by atoms with Crippen LogP contribution in [0.2, 0.25) is 0 Å². The molecule has 4 aromatic carbocycles. The summed E-state index contributed by atoms with van der Waals surface area (Å²) in [7, 11) is 0. The molecule has 0 atom stereocenters. The highest BCUT2D eigenvalue weighted by Gasteiger charge is 2.44. The minimum Gasteiger partial charge on any atom is -0.301 e. The Bertz CT molecular complexity index is 1810.